The van der Waals surface area contributed by atoms with Crippen molar-refractivity contribution in [2.75, 3.05) is 0 Å². The molecule has 0 unspecified atom stereocenters. The molecule has 9 heavy (non-hydrogen) atoms. The number of allylic oxidation sites excluding steroid dienone is 1. The Labute approximate surface area is 68.2 Å². The van der Waals surface area contributed by atoms with Crippen molar-refractivity contribution in [3.05, 3.63) is 12.7 Å². The van der Waals surface area contributed by atoms with Crippen molar-refractivity contribution in [2.24, 2.45) is 0 Å². The van der Waals surface area contributed by atoms with Gasteiger partial charge in [-0.25, -0.2) is 0 Å². The van der Waals surface area contributed by atoms with E-state index in [-0.39, 0.29) is 5.48 Å². The summed E-state index contributed by atoms with van der Waals surface area (Å²) >= 11 is 1.55. The summed E-state index contributed by atoms with van der Waals surface area (Å²) in [5.74, 6) is -1.08. The predicted molar refractivity (Wildman–Crippen MR) is 32.1 cm³/mol. The minimum absolute atomic E-state index is 0. The fraction of sp³-hybridized carbons (Fsp3) is 0.400. The van der Waals surface area contributed by atoms with Crippen LogP contribution in [0.15, 0.2) is 12.7 Å². The van der Waals surface area contributed by atoms with Crippen LogP contribution in [0.1, 0.15) is 6.92 Å². The van der Waals surface area contributed by atoms with Crippen LogP contribution in [0.5, 0.6) is 0 Å². The van der Waals surface area contributed by atoms with E-state index >= 15 is 0 Å². The molecule has 0 radical (unpaired) electrons. The van der Waals surface area contributed by atoms with Crippen molar-refractivity contribution in [1.82, 2.24) is 0 Å². The van der Waals surface area contributed by atoms with Crippen molar-refractivity contribution in [3.8, 4) is 0 Å². The number of carboxylic acids is 1. The van der Waals surface area contributed by atoms with Crippen molar-refractivity contribution in [2.45, 2.75) is 11.4 Å². The number of carbonyl (C=O) groups excluding carboxylic acids is 1. The second-order valence-electron chi connectivity index (χ2n) is 0.984. The molecule has 0 fully saturated rings. The Hall–Kier alpha value is -0.0313. The maximum Gasteiger partial charge on any atom is 0.0383 e. The number of carboxylic acid groups (broad SMARTS) is 1. The second kappa shape index (κ2) is 15.7. The van der Waals surface area contributed by atoms with E-state index in [4.69, 9.17) is 9.90 Å². The van der Waals surface area contributed by atoms with Gasteiger partial charge in [0.15, 0.2) is 0 Å². The summed E-state index contributed by atoms with van der Waals surface area (Å²) in [6.07, 6.45) is 1.92. The van der Waals surface area contributed by atoms with Crippen LogP contribution in [0, 0.1) is 0 Å². The van der Waals surface area contributed by atoms with Crippen LogP contribution < -0.4 is 5.11 Å². The minimum Gasteiger partial charge on any atom is -2.00 e. The zero-order valence-electron chi connectivity index (χ0n) is 5.22. The summed E-state index contributed by atoms with van der Waals surface area (Å²) in [6.45, 7) is 4.47. The Balaban J connectivity index is -0.0000000720. The fourth-order valence-electron chi connectivity index (χ4n) is 0. The Morgan fingerprint density at radius 1 is 1.89 bits per heavy atom. The molecule has 0 spiro atoms. The number of rotatable bonds is 1. The van der Waals surface area contributed by atoms with Gasteiger partial charge in [-0.2, -0.15) is 0 Å². The molecule has 0 amide bonds. The summed E-state index contributed by atoms with van der Waals surface area (Å²) in [5, 5.41) is 8.89. The monoisotopic (exact) mass is 236 g/mol. The van der Waals surface area contributed by atoms with Crippen LogP contribution in [0.2, 0.25) is 4.44 Å². The molecule has 0 aliphatic carbocycles. The predicted octanol–water partition coefficient (Wildman–Crippen LogP) is -0.603. The van der Waals surface area contributed by atoms with Crippen molar-refractivity contribution in [3.63, 3.8) is 0 Å². The normalized spacial score (nSPS) is 5.67. The standard InChI is InChI=1S/C3H5.C2H4O2.O.Sn/c1-3-2;1-2(3)4;;/h3H,1-2H2;1H3,(H,3,4);;/q;;-2;+3/p-1. The fourth-order valence-corrected chi connectivity index (χ4v) is 0. The zero-order chi connectivity index (χ0) is 6.99. The van der Waals surface area contributed by atoms with Gasteiger partial charge in [-0.1, -0.05) is 0 Å². The van der Waals surface area contributed by atoms with Gasteiger partial charge >= 0.3 is 39.6 Å². The van der Waals surface area contributed by atoms with Crippen LogP contribution in [-0.2, 0) is 10.3 Å². The third kappa shape index (κ3) is 303. The van der Waals surface area contributed by atoms with Crippen molar-refractivity contribution in [1.29, 1.82) is 0 Å². The van der Waals surface area contributed by atoms with Crippen LogP contribution in [-0.4, -0.2) is 28.5 Å². The van der Waals surface area contributed by atoms with E-state index in [1.807, 2.05) is 6.08 Å². The van der Waals surface area contributed by atoms with E-state index < -0.39 is 5.97 Å². The maximum absolute atomic E-state index is 8.89. The Bertz CT molecular complexity index is 68.6. The smallest absolute Gasteiger partial charge is 0.0383 e. The van der Waals surface area contributed by atoms with E-state index in [0.29, 0.717) is 0 Å². The van der Waals surface area contributed by atoms with E-state index in [9.17, 15) is 0 Å². The largest absolute Gasteiger partial charge is 2.00 e. The molecule has 0 aliphatic heterocycles. The molecular formula is C5H8O3Sn. The molecule has 0 saturated carbocycles. The van der Waals surface area contributed by atoms with E-state index in [0.717, 1.165) is 6.92 Å². The molecule has 0 saturated heterocycles. The number of hydrogen-bond acceptors (Lipinski definition) is 2. The first-order chi connectivity index (χ1) is 3.65. The topological polar surface area (TPSA) is 68.6 Å². The van der Waals surface area contributed by atoms with Gasteiger partial charge in [0.25, 0.3) is 0 Å². The van der Waals surface area contributed by atoms with Gasteiger partial charge in [0, 0.05) is 5.97 Å². The average Bonchev–Trinajstić information content (AvgIpc) is 1.65. The molecule has 0 bridgehead atoms. The molecule has 0 aliphatic rings. The molecule has 4 heteroatoms. The van der Waals surface area contributed by atoms with Gasteiger partial charge in [0.1, 0.15) is 0 Å². The average molecular weight is 235 g/mol. The van der Waals surface area contributed by atoms with Crippen LogP contribution in [0.4, 0.5) is 0 Å². The van der Waals surface area contributed by atoms with E-state index in [1.54, 1.807) is 22.5 Å². The van der Waals surface area contributed by atoms with Crippen LogP contribution in [0.25, 0.3) is 0 Å². The molecule has 0 aromatic carbocycles. The molecule has 0 heterocycles. The molecule has 0 aromatic heterocycles. The Morgan fingerprint density at radius 2 is 2.00 bits per heavy atom. The van der Waals surface area contributed by atoms with Gasteiger partial charge in [-0.15, -0.1) is 0 Å². The van der Waals surface area contributed by atoms with Crippen LogP contribution in [0.3, 0.4) is 0 Å². The molecule has 0 aromatic rings. The molecule has 50 valence electrons. The van der Waals surface area contributed by atoms with E-state index in [1.165, 1.54) is 4.44 Å². The summed E-state index contributed by atoms with van der Waals surface area (Å²) in [6, 6.07) is 0. The van der Waals surface area contributed by atoms with Crippen molar-refractivity contribution < 1.29 is 15.4 Å². The summed E-state index contributed by atoms with van der Waals surface area (Å²) in [7, 11) is 0. The second-order valence-corrected chi connectivity index (χ2v) is 2.15. The molecular weight excluding hydrogens is 227 g/mol. The molecule has 3 nitrogen and oxygen atoms in total. The van der Waals surface area contributed by atoms with Gasteiger partial charge in [-0.3, -0.25) is 0 Å². The first-order valence-corrected chi connectivity index (χ1v) is 4.10. The summed E-state index contributed by atoms with van der Waals surface area (Å²) < 4.78 is 1.17. The first kappa shape index (κ1) is 16.0. The molecule has 0 N–H and O–H groups in total. The third-order valence-electron chi connectivity index (χ3n) is 0.144. The Morgan fingerprint density at radius 3 is 2.00 bits per heavy atom. The molecule has 0 rings (SSSR count). The maximum atomic E-state index is 8.89. The number of hydrogen-bond donors (Lipinski definition) is 0. The molecule has 0 atom stereocenters. The Kier molecular flexibility index (Phi) is 27.8. The number of aliphatic carboxylic acids is 1. The summed E-state index contributed by atoms with van der Waals surface area (Å²) in [4.78, 5) is 8.89. The first-order valence-electron chi connectivity index (χ1n) is 2.08. The minimum atomic E-state index is -1.08. The third-order valence-corrected chi connectivity index (χ3v) is 0.968. The van der Waals surface area contributed by atoms with E-state index in [2.05, 4.69) is 6.58 Å². The van der Waals surface area contributed by atoms with Crippen LogP contribution >= 0.6 is 0 Å². The SMILES string of the molecule is C=C[CH2][Sn+3].CC(=O)[O-].[O-2]. The van der Waals surface area contributed by atoms with Gasteiger partial charge < -0.3 is 15.4 Å². The quantitative estimate of drug-likeness (QED) is 0.449. The van der Waals surface area contributed by atoms with Gasteiger partial charge in [0.05, 0.1) is 0 Å². The van der Waals surface area contributed by atoms with Gasteiger partial charge in [0.2, 0.25) is 0 Å². The number of carbonyl (C=O) groups is 1. The van der Waals surface area contributed by atoms with Gasteiger partial charge in [-0.05, 0) is 6.92 Å². The zero-order valence-corrected chi connectivity index (χ0v) is 8.07. The van der Waals surface area contributed by atoms with Crippen molar-refractivity contribution >= 4 is 28.5 Å². The summed E-state index contributed by atoms with van der Waals surface area (Å²) in [5.41, 5.74) is 0.